The molecule has 1 N–H and O–H groups in total. The molecule has 0 aliphatic carbocycles. The first kappa shape index (κ1) is 19.8. The third kappa shape index (κ3) is 4.10. The molecule has 5 nitrogen and oxygen atoms in total. The second-order valence-corrected chi connectivity index (χ2v) is 10.6. The van der Waals surface area contributed by atoms with E-state index < -0.39 is 15.8 Å². The van der Waals surface area contributed by atoms with Crippen LogP contribution in [0.1, 0.15) is 0 Å². The highest BCUT2D eigenvalue weighted by atomic mass is 32.2. The number of nitrogens with zero attached hydrogens (tertiary/aromatic N) is 1. The molecule has 148 valence electrons. The maximum absolute atomic E-state index is 11.7. The van der Waals surface area contributed by atoms with Gasteiger partial charge < -0.3 is 9.67 Å². The number of carboxylic acids is 1. The topological polar surface area (TPSA) is 76.4 Å². The van der Waals surface area contributed by atoms with E-state index in [2.05, 4.69) is 0 Å². The van der Waals surface area contributed by atoms with Crippen molar-refractivity contribution in [1.82, 2.24) is 4.57 Å². The first-order chi connectivity index (χ1) is 13.8. The Kier molecular flexibility index (Phi) is 5.24. The zero-order valence-corrected chi connectivity index (χ0v) is 17.9. The van der Waals surface area contributed by atoms with E-state index >= 15 is 0 Å². The number of sulfone groups is 1. The zero-order chi connectivity index (χ0) is 20.6. The van der Waals surface area contributed by atoms with Crippen LogP contribution < -0.4 is 0 Å². The molecule has 29 heavy (non-hydrogen) atoms. The van der Waals surface area contributed by atoms with Crippen LogP contribution in [0.3, 0.4) is 0 Å². The van der Waals surface area contributed by atoms with Crippen molar-refractivity contribution >= 4 is 49.8 Å². The van der Waals surface area contributed by atoms with Crippen molar-refractivity contribution in [3.63, 3.8) is 0 Å². The van der Waals surface area contributed by atoms with Gasteiger partial charge in [0.15, 0.2) is 9.84 Å². The van der Waals surface area contributed by atoms with Crippen molar-refractivity contribution in [2.45, 2.75) is 21.2 Å². The second-order valence-electron chi connectivity index (χ2n) is 6.54. The molecule has 0 bridgehead atoms. The number of thiophene rings is 1. The van der Waals surface area contributed by atoms with E-state index in [9.17, 15) is 18.3 Å². The Morgan fingerprint density at radius 2 is 1.86 bits per heavy atom. The summed E-state index contributed by atoms with van der Waals surface area (Å²) in [4.78, 5) is 14.5. The molecule has 0 fully saturated rings. The molecule has 2 heterocycles. The average Bonchev–Trinajstić information content (AvgIpc) is 3.30. The van der Waals surface area contributed by atoms with Gasteiger partial charge in [-0.05, 0) is 41.8 Å². The van der Waals surface area contributed by atoms with Crippen LogP contribution in [0.15, 0.2) is 80.9 Å². The van der Waals surface area contributed by atoms with Gasteiger partial charge in [0.2, 0.25) is 0 Å². The maximum Gasteiger partial charge on any atom is 0.323 e. The van der Waals surface area contributed by atoms with E-state index in [1.807, 2.05) is 41.9 Å². The average molecular weight is 444 g/mol. The Morgan fingerprint density at radius 1 is 1.10 bits per heavy atom. The summed E-state index contributed by atoms with van der Waals surface area (Å²) < 4.78 is 25.1. The van der Waals surface area contributed by atoms with Crippen LogP contribution in [-0.2, 0) is 21.2 Å². The third-order valence-corrected chi connectivity index (χ3v) is 7.51. The molecule has 4 aromatic rings. The van der Waals surface area contributed by atoms with Crippen LogP contribution in [0.5, 0.6) is 0 Å². The number of fused-ring (bicyclic) bond motifs is 1. The Morgan fingerprint density at radius 3 is 2.48 bits per heavy atom. The lowest BCUT2D eigenvalue weighted by molar-refractivity contribution is -0.137. The maximum atomic E-state index is 11.7. The minimum Gasteiger partial charge on any atom is -0.480 e. The fourth-order valence-corrected chi connectivity index (χ4v) is 5.60. The summed E-state index contributed by atoms with van der Waals surface area (Å²) in [5.74, 6) is -0.905. The van der Waals surface area contributed by atoms with Crippen molar-refractivity contribution in [1.29, 1.82) is 0 Å². The summed E-state index contributed by atoms with van der Waals surface area (Å²) in [6.45, 7) is -0.127. The molecule has 0 atom stereocenters. The van der Waals surface area contributed by atoms with Gasteiger partial charge in [0.05, 0.1) is 10.4 Å². The first-order valence-corrected chi connectivity index (χ1v) is 12.3. The van der Waals surface area contributed by atoms with E-state index in [0.29, 0.717) is 0 Å². The molecular formula is C21H17NO4S3. The van der Waals surface area contributed by atoms with Gasteiger partial charge in [-0.25, -0.2) is 8.42 Å². The molecule has 0 saturated carbocycles. The van der Waals surface area contributed by atoms with E-state index in [1.165, 1.54) is 18.0 Å². The van der Waals surface area contributed by atoms with Crippen LogP contribution in [0.4, 0.5) is 0 Å². The van der Waals surface area contributed by atoms with Gasteiger partial charge in [-0.3, -0.25) is 4.79 Å². The summed E-state index contributed by atoms with van der Waals surface area (Å²) >= 11 is 3.12. The van der Waals surface area contributed by atoms with E-state index in [0.717, 1.165) is 31.1 Å². The van der Waals surface area contributed by atoms with Gasteiger partial charge in [-0.15, -0.1) is 11.3 Å². The molecule has 0 spiro atoms. The number of hydrogen-bond acceptors (Lipinski definition) is 5. The Bertz CT molecular complexity index is 1290. The molecule has 2 aromatic carbocycles. The fourth-order valence-electron chi connectivity index (χ4n) is 3.19. The van der Waals surface area contributed by atoms with Crippen LogP contribution in [0.2, 0.25) is 0 Å². The molecule has 0 saturated heterocycles. The molecule has 8 heteroatoms. The number of hydrogen-bond donors (Lipinski definition) is 1. The van der Waals surface area contributed by atoms with Gasteiger partial charge >= 0.3 is 5.97 Å². The summed E-state index contributed by atoms with van der Waals surface area (Å²) in [5, 5.41) is 12.3. The first-order valence-electron chi connectivity index (χ1n) is 8.68. The molecule has 2 aromatic heterocycles. The van der Waals surface area contributed by atoms with Gasteiger partial charge in [0.1, 0.15) is 6.54 Å². The largest absolute Gasteiger partial charge is 0.480 e. The van der Waals surface area contributed by atoms with E-state index in [1.54, 1.807) is 40.2 Å². The summed E-state index contributed by atoms with van der Waals surface area (Å²) in [6.07, 6.45) is 3.03. The zero-order valence-electron chi connectivity index (χ0n) is 15.4. The van der Waals surface area contributed by atoms with Crippen molar-refractivity contribution in [2.24, 2.45) is 0 Å². The highest BCUT2D eigenvalue weighted by molar-refractivity contribution is 7.99. The van der Waals surface area contributed by atoms with Crippen molar-refractivity contribution in [2.75, 3.05) is 6.26 Å². The van der Waals surface area contributed by atoms with Crippen LogP contribution in [-0.4, -0.2) is 30.3 Å². The molecule has 0 aliphatic rings. The van der Waals surface area contributed by atoms with Gasteiger partial charge in [0, 0.05) is 38.1 Å². The highest BCUT2D eigenvalue weighted by Crippen LogP contribution is 2.41. The summed E-state index contributed by atoms with van der Waals surface area (Å²) in [6, 6.07) is 16.7. The Hall–Kier alpha value is -2.55. The smallest absolute Gasteiger partial charge is 0.323 e. The van der Waals surface area contributed by atoms with Gasteiger partial charge in [0.25, 0.3) is 0 Å². The van der Waals surface area contributed by atoms with Crippen molar-refractivity contribution in [3.8, 4) is 10.4 Å². The third-order valence-electron chi connectivity index (χ3n) is 4.44. The monoisotopic (exact) mass is 443 g/mol. The van der Waals surface area contributed by atoms with Crippen molar-refractivity contribution in [3.05, 3.63) is 66.2 Å². The minimum atomic E-state index is -3.25. The predicted molar refractivity (Wildman–Crippen MR) is 117 cm³/mol. The van der Waals surface area contributed by atoms with E-state index in [-0.39, 0.29) is 11.4 Å². The Labute approximate surface area is 176 Å². The standard InChI is InChI=1S/C21H17NO4S3/c1-29(25,26)15-9-7-14(8-10-15)28-19-12-22(13-20(23)24)17-5-2-4-16(21(17)19)18-6-3-11-27-18/h2-12H,13H2,1H3,(H,23,24). The minimum absolute atomic E-state index is 0.127. The molecule has 0 radical (unpaired) electrons. The lowest BCUT2D eigenvalue weighted by Gasteiger charge is -2.06. The van der Waals surface area contributed by atoms with Gasteiger partial charge in [-0.1, -0.05) is 30.0 Å². The van der Waals surface area contributed by atoms with Crippen LogP contribution in [0.25, 0.3) is 21.3 Å². The second kappa shape index (κ2) is 7.70. The molecule has 0 aliphatic heterocycles. The molecule has 4 rings (SSSR count). The molecule has 0 unspecified atom stereocenters. The number of rotatable bonds is 6. The highest BCUT2D eigenvalue weighted by Gasteiger charge is 2.17. The normalized spacial score (nSPS) is 11.8. The molecular weight excluding hydrogens is 426 g/mol. The van der Waals surface area contributed by atoms with Crippen LogP contribution in [0, 0.1) is 0 Å². The SMILES string of the molecule is CS(=O)(=O)c1ccc(Sc2cn(CC(=O)O)c3cccc(-c4cccs4)c23)cc1. The van der Waals surface area contributed by atoms with Crippen molar-refractivity contribution < 1.29 is 18.3 Å². The quantitative estimate of drug-likeness (QED) is 0.453. The Balaban J connectivity index is 1.83. The predicted octanol–water partition coefficient (Wildman–Crippen LogP) is 5.01. The lowest BCUT2D eigenvalue weighted by Crippen LogP contribution is -2.07. The van der Waals surface area contributed by atoms with Crippen LogP contribution >= 0.6 is 23.1 Å². The number of carbonyl (C=O) groups is 1. The van der Waals surface area contributed by atoms with E-state index in [4.69, 9.17) is 0 Å². The molecule has 0 amide bonds. The fraction of sp³-hybridized carbons (Fsp3) is 0.0952. The number of benzene rings is 2. The summed E-state index contributed by atoms with van der Waals surface area (Å²) in [5.41, 5.74) is 1.91. The number of aromatic nitrogens is 1. The summed E-state index contributed by atoms with van der Waals surface area (Å²) in [7, 11) is -3.25. The number of aliphatic carboxylic acids is 1. The lowest BCUT2D eigenvalue weighted by atomic mass is 10.1. The van der Waals surface area contributed by atoms with Gasteiger partial charge in [-0.2, -0.15) is 0 Å². The number of carboxylic acid groups (broad SMARTS) is 1.